The fraction of sp³-hybridized carbons (Fsp3) is 0.481. The van der Waals surface area contributed by atoms with Crippen LogP contribution in [0.4, 0.5) is 18.9 Å². The molecule has 0 saturated heterocycles. The predicted molar refractivity (Wildman–Crippen MR) is 136 cm³/mol. The molecule has 7 heteroatoms. The number of halogens is 3. The summed E-state index contributed by atoms with van der Waals surface area (Å²) in [7, 11) is 0. The molecule has 1 N–H and O–H groups in total. The van der Waals surface area contributed by atoms with Crippen molar-refractivity contribution >= 4 is 11.5 Å². The molecule has 0 radical (unpaired) electrons. The number of Topliss-reactive ketones (excluding diaryl/α,β-unsaturated/α-hetero) is 1. The van der Waals surface area contributed by atoms with Crippen LogP contribution in [-0.4, -0.2) is 28.8 Å². The van der Waals surface area contributed by atoms with Crippen molar-refractivity contribution in [2.45, 2.75) is 66.7 Å². The van der Waals surface area contributed by atoms with Crippen molar-refractivity contribution in [3.63, 3.8) is 0 Å². The molecule has 1 aromatic heterocycles. The lowest BCUT2D eigenvalue weighted by molar-refractivity contribution is -0.120. The number of carbonyl (C=O) groups excluding carboxylic acids is 1. The average Bonchev–Trinajstić information content (AvgIpc) is 2.78. The molecule has 1 heterocycles. The van der Waals surface area contributed by atoms with Gasteiger partial charge in [0.1, 0.15) is 5.69 Å². The summed E-state index contributed by atoms with van der Waals surface area (Å²) in [4.78, 5) is 16.7. The van der Waals surface area contributed by atoms with Crippen molar-refractivity contribution in [2.75, 3.05) is 18.4 Å². The Morgan fingerprint density at radius 1 is 1.21 bits per heavy atom. The summed E-state index contributed by atoms with van der Waals surface area (Å²) in [5, 5.41) is 3.18. The molecule has 0 aromatic carbocycles. The first-order valence-corrected chi connectivity index (χ1v) is 11.7. The van der Waals surface area contributed by atoms with Crippen LogP contribution in [0.2, 0.25) is 0 Å². The SMILES string of the molecule is C=C(F)C(=O)C(C)CC.C=C(Nc1ccc(C(C)(F)F)nc1)/C(=C\C=C/C)N(CCC)CCC. The molecule has 0 aliphatic carbocycles. The third kappa shape index (κ3) is 11.3. The van der Waals surface area contributed by atoms with Gasteiger partial charge in [0.2, 0.25) is 0 Å². The number of anilines is 1. The Bertz CT molecular complexity index is 834. The maximum absolute atomic E-state index is 13.3. The monoisotopic (exact) mass is 479 g/mol. The first-order chi connectivity index (χ1) is 15.9. The maximum Gasteiger partial charge on any atom is 0.286 e. The molecule has 0 bridgehead atoms. The van der Waals surface area contributed by atoms with E-state index in [4.69, 9.17) is 0 Å². The van der Waals surface area contributed by atoms with Gasteiger partial charge in [-0.15, -0.1) is 0 Å². The molecular formula is C27H40F3N3O. The van der Waals surface area contributed by atoms with Crippen LogP contribution in [0.3, 0.4) is 0 Å². The summed E-state index contributed by atoms with van der Waals surface area (Å²) < 4.78 is 38.5. The number of rotatable bonds is 13. The Morgan fingerprint density at radius 3 is 2.15 bits per heavy atom. The summed E-state index contributed by atoms with van der Waals surface area (Å²) >= 11 is 0. The van der Waals surface area contributed by atoms with E-state index in [9.17, 15) is 18.0 Å². The number of pyridine rings is 1. The van der Waals surface area contributed by atoms with Crippen LogP contribution in [0.1, 0.15) is 66.5 Å². The highest BCUT2D eigenvalue weighted by atomic mass is 19.3. The number of allylic oxidation sites excluding steroid dienone is 4. The number of hydrogen-bond acceptors (Lipinski definition) is 4. The molecule has 1 unspecified atom stereocenters. The van der Waals surface area contributed by atoms with Gasteiger partial charge in [0, 0.05) is 25.9 Å². The van der Waals surface area contributed by atoms with E-state index in [1.165, 1.54) is 12.3 Å². The lowest BCUT2D eigenvalue weighted by Crippen LogP contribution is -2.27. The van der Waals surface area contributed by atoms with Gasteiger partial charge in [-0.1, -0.05) is 53.0 Å². The first-order valence-electron chi connectivity index (χ1n) is 11.7. The van der Waals surface area contributed by atoms with Crippen molar-refractivity contribution in [3.8, 4) is 0 Å². The number of nitrogens with one attached hydrogen (secondary N) is 1. The van der Waals surface area contributed by atoms with Crippen LogP contribution >= 0.6 is 0 Å². The Hall–Kier alpha value is -2.83. The summed E-state index contributed by atoms with van der Waals surface area (Å²) in [6, 6.07) is 2.93. The van der Waals surface area contributed by atoms with Gasteiger partial charge >= 0.3 is 0 Å². The highest BCUT2D eigenvalue weighted by molar-refractivity contribution is 5.94. The summed E-state index contributed by atoms with van der Waals surface area (Å²) in [6.07, 6.45) is 10.1. The number of hydrogen-bond donors (Lipinski definition) is 1. The van der Waals surface area contributed by atoms with Crippen LogP contribution in [0.25, 0.3) is 0 Å². The minimum absolute atomic E-state index is 0.220. The van der Waals surface area contributed by atoms with Gasteiger partial charge in [-0.05, 0) is 44.4 Å². The molecule has 0 saturated carbocycles. The molecular weight excluding hydrogens is 439 g/mol. The molecule has 0 spiro atoms. The van der Waals surface area contributed by atoms with E-state index in [0.29, 0.717) is 12.1 Å². The van der Waals surface area contributed by atoms with E-state index in [0.717, 1.165) is 44.2 Å². The zero-order valence-corrected chi connectivity index (χ0v) is 21.4. The van der Waals surface area contributed by atoms with Gasteiger partial charge in [-0.2, -0.15) is 8.78 Å². The smallest absolute Gasteiger partial charge is 0.286 e. The number of aromatic nitrogens is 1. The normalized spacial score (nSPS) is 12.6. The quantitative estimate of drug-likeness (QED) is 0.232. The lowest BCUT2D eigenvalue weighted by Gasteiger charge is -2.28. The van der Waals surface area contributed by atoms with Crippen LogP contribution < -0.4 is 5.32 Å². The van der Waals surface area contributed by atoms with Gasteiger partial charge < -0.3 is 10.2 Å². The van der Waals surface area contributed by atoms with E-state index < -0.39 is 17.5 Å². The maximum atomic E-state index is 13.3. The molecule has 1 aromatic rings. The third-order valence-corrected chi connectivity index (χ3v) is 4.92. The van der Waals surface area contributed by atoms with Crippen LogP contribution in [0.5, 0.6) is 0 Å². The van der Waals surface area contributed by atoms with E-state index in [1.54, 1.807) is 13.0 Å². The Morgan fingerprint density at radius 2 is 1.79 bits per heavy atom. The summed E-state index contributed by atoms with van der Waals surface area (Å²) in [5.41, 5.74) is 2.11. The van der Waals surface area contributed by atoms with Crippen molar-refractivity contribution in [1.82, 2.24) is 9.88 Å². The molecule has 190 valence electrons. The lowest BCUT2D eigenvalue weighted by atomic mass is 10.0. The van der Waals surface area contributed by atoms with Crippen molar-refractivity contribution in [3.05, 3.63) is 72.6 Å². The van der Waals surface area contributed by atoms with Gasteiger partial charge in [-0.25, -0.2) is 4.39 Å². The van der Waals surface area contributed by atoms with Crippen LogP contribution in [0, 0.1) is 5.92 Å². The topological polar surface area (TPSA) is 45.2 Å². The number of nitrogens with zero attached hydrogens (tertiary/aromatic N) is 2. The molecule has 0 aliphatic heterocycles. The van der Waals surface area contributed by atoms with Crippen molar-refractivity contribution in [2.24, 2.45) is 5.92 Å². The average molecular weight is 480 g/mol. The highest BCUT2D eigenvalue weighted by Gasteiger charge is 2.25. The Labute approximate surface area is 203 Å². The molecule has 0 amide bonds. The Balaban J connectivity index is 0.00000102. The number of alkyl halides is 2. The van der Waals surface area contributed by atoms with Crippen molar-refractivity contribution < 1.29 is 18.0 Å². The first kappa shape index (κ1) is 31.2. The van der Waals surface area contributed by atoms with Gasteiger partial charge in [0.15, 0.2) is 11.6 Å². The van der Waals surface area contributed by atoms with Crippen LogP contribution in [0.15, 0.2) is 66.9 Å². The minimum Gasteiger partial charge on any atom is -0.370 e. The van der Waals surface area contributed by atoms with Crippen molar-refractivity contribution in [1.29, 1.82) is 0 Å². The van der Waals surface area contributed by atoms with Gasteiger partial charge in [-0.3, -0.25) is 9.78 Å². The minimum atomic E-state index is -2.94. The predicted octanol–water partition coefficient (Wildman–Crippen LogP) is 7.79. The standard InChI is InChI=1S/C20H29F2N3.C7H11FO/c1-6-9-10-18(25(13-7-2)14-8-3)16(4)24-17-11-12-19(23-15-17)20(5,21)22;1-4-5(2)7(9)6(3)8/h6,9-12,15,24H,4,7-8,13-14H2,1-3,5H3;5H,3-4H2,1-2H3/b9-6-,18-10+;. The number of carbonyl (C=O) groups is 1. The zero-order valence-electron chi connectivity index (χ0n) is 21.4. The van der Waals surface area contributed by atoms with Gasteiger partial charge in [0.05, 0.1) is 23.3 Å². The third-order valence-electron chi connectivity index (χ3n) is 4.92. The molecule has 1 atom stereocenters. The van der Waals surface area contributed by atoms with E-state index >= 15 is 0 Å². The fourth-order valence-electron chi connectivity index (χ4n) is 2.90. The molecule has 0 fully saturated rings. The van der Waals surface area contributed by atoms with E-state index in [-0.39, 0.29) is 11.6 Å². The molecule has 34 heavy (non-hydrogen) atoms. The largest absolute Gasteiger partial charge is 0.370 e. The molecule has 4 nitrogen and oxygen atoms in total. The molecule has 0 aliphatic rings. The second kappa shape index (κ2) is 15.9. The van der Waals surface area contributed by atoms with E-state index in [2.05, 4.69) is 42.2 Å². The van der Waals surface area contributed by atoms with Crippen LogP contribution in [-0.2, 0) is 10.7 Å². The summed E-state index contributed by atoms with van der Waals surface area (Å²) in [5.74, 6) is -4.46. The second-order valence-electron chi connectivity index (χ2n) is 8.07. The zero-order chi connectivity index (χ0) is 26.3. The summed E-state index contributed by atoms with van der Waals surface area (Å²) in [6.45, 7) is 19.5. The number of ketones is 1. The highest BCUT2D eigenvalue weighted by Crippen LogP contribution is 2.26. The van der Waals surface area contributed by atoms with E-state index in [1.807, 2.05) is 32.1 Å². The Kier molecular flexibility index (Phi) is 14.6. The molecule has 1 rings (SSSR count). The fourth-order valence-corrected chi connectivity index (χ4v) is 2.90. The van der Waals surface area contributed by atoms with Gasteiger partial charge in [0.25, 0.3) is 5.92 Å². The second-order valence-corrected chi connectivity index (χ2v) is 8.07.